The molecule has 3 rings (SSSR count). The minimum atomic E-state index is -0.0851. The minimum Gasteiger partial charge on any atom is -0.335 e. The van der Waals surface area contributed by atoms with Crippen LogP contribution in [0, 0.1) is 0 Å². The van der Waals surface area contributed by atoms with E-state index in [4.69, 9.17) is 0 Å². The number of para-hydroxylation sites is 1. The number of aryl methyl sites for hydroxylation is 1. The quantitative estimate of drug-likeness (QED) is 0.670. The molecule has 0 aliphatic heterocycles. The van der Waals surface area contributed by atoms with E-state index in [1.807, 2.05) is 48.0 Å². The highest BCUT2D eigenvalue weighted by Crippen LogP contribution is 2.07. The van der Waals surface area contributed by atoms with Gasteiger partial charge < -0.3 is 4.57 Å². The lowest BCUT2D eigenvalue weighted by Crippen LogP contribution is -2.10. The van der Waals surface area contributed by atoms with E-state index in [1.165, 1.54) is 11.0 Å². The molecule has 6 nitrogen and oxygen atoms in total. The van der Waals surface area contributed by atoms with Crippen LogP contribution in [0.2, 0.25) is 0 Å². The molecule has 0 unspecified atom stereocenters. The minimum absolute atomic E-state index is 0.0851. The van der Waals surface area contributed by atoms with E-state index in [-0.39, 0.29) is 12.2 Å². The maximum Gasteiger partial charge on any atom is 0.192 e. The lowest BCUT2D eigenvalue weighted by atomic mass is 10.2. The largest absolute Gasteiger partial charge is 0.335 e. The monoisotopic (exact) mass is 281 g/mol. The fourth-order valence-electron chi connectivity index (χ4n) is 2.11. The number of hydrogen-bond acceptors (Lipinski definition) is 4. The number of imidazole rings is 1. The van der Waals surface area contributed by atoms with Crippen molar-refractivity contribution in [3.05, 3.63) is 60.4 Å². The molecule has 0 aliphatic carbocycles. The van der Waals surface area contributed by atoms with Gasteiger partial charge in [-0.25, -0.2) is 4.98 Å². The number of rotatable bonds is 5. The van der Waals surface area contributed by atoms with Crippen molar-refractivity contribution in [2.75, 3.05) is 0 Å². The second kappa shape index (κ2) is 5.70. The van der Waals surface area contributed by atoms with Gasteiger partial charge in [0.05, 0.1) is 18.3 Å². The van der Waals surface area contributed by atoms with Crippen LogP contribution in [0.4, 0.5) is 0 Å². The van der Waals surface area contributed by atoms with Crippen molar-refractivity contribution in [3.63, 3.8) is 0 Å². The van der Waals surface area contributed by atoms with Gasteiger partial charge >= 0.3 is 0 Å². The number of Topliss-reactive ketones (excluding diaryl/α,β-unsaturated/α-hetero) is 1. The molecular formula is C15H15N5O. The van der Waals surface area contributed by atoms with E-state index in [0.29, 0.717) is 5.69 Å². The molecule has 0 amide bonds. The average Bonchev–Trinajstić information content (AvgIpc) is 3.17. The number of aromatic nitrogens is 5. The second-order valence-corrected chi connectivity index (χ2v) is 4.58. The maximum atomic E-state index is 12.3. The Bertz CT molecular complexity index is 744. The molecule has 0 N–H and O–H groups in total. The van der Waals surface area contributed by atoms with Crippen molar-refractivity contribution in [3.8, 4) is 5.69 Å². The zero-order valence-corrected chi connectivity index (χ0v) is 11.7. The van der Waals surface area contributed by atoms with Gasteiger partial charge in [0, 0.05) is 18.9 Å². The molecule has 1 aromatic carbocycles. The maximum absolute atomic E-state index is 12.3. The SMILES string of the molecule is CCn1ccnc1CC(=O)c1cnn(-c2ccccc2)n1. The topological polar surface area (TPSA) is 65.6 Å². The predicted octanol–water partition coefficient (Wildman–Crippen LogP) is 1.91. The predicted molar refractivity (Wildman–Crippen MR) is 77.3 cm³/mol. The van der Waals surface area contributed by atoms with Crippen LogP contribution in [-0.2, 0) is 13.0 Å². The van der Waals surface area contributed by atoms with Crippen LogP contribution in [0.15, 0.2) is 48.9 Å². The van der Waals surface area contributed by atoms with Crippen molar-refractivity contribution >= 4 is 5.78 Å². The summed E-state index contributed by atoms with van der Waals surface area (Å²) in [6, 6.07) is 9.50. The highest BCUT2D eigenvalue weighted by molar-refractivity contribution is 5.95. The average molecular weight is 281 g/mol. The van der Waals surface area contributed by atoms with Crippen LogP contribution >= 0.6 is 0 Å². The van der Waals surface area contributed by atoms with Gasteiger partial charge in [-0.1, -0.05) is 18.2 Å². The summed E-state index contributed by atoms with van der Waals surface area (Å²) < 4.78 is 1.94. The number of benzene rings is 1. The molecular weight excluding hydrogens is 266 g/mol. The summed E-state index contributed by atoms with van der Waals surface area (Å²) in [5.74, 6) is 0.662. The molecule has 106 valence electrons. The molecule has 21 heavy (non-hydrogen) atoms. The first-order valence-electron chi connectivity index (χ1n) is 6.79. The molecule has 0 atom stereocenters. The number of ketones is 1. The van der Waals surface area contributed by atoms with Gasteiger partial charge in [0.2, 0.25) is 0 Å². The van der Waals surface area contributed by atoms with Gasteiger partial charge in [-0.3, -0.25) is 4.79 Å². The first-order chi connectivity index (χ1) is 10.3. The standard InChI is InChI=1S/C15H15N5O/c1-2-19-9-8-16-15(19)10-14(21)13-11-17-20(18-13)12-6-4-3-5-7-12/h3-9,11H,2,10H2,1H3. The Kier molecular flexibility index (Phi) is 3.59. The van der Waals surface area contributed by atoms with E-state index in [9.17, 15) is 4.79 Å². The van der Waals surface area contributed by atoms with Crippen molar-refractivity contribution in [2.45, 2.75) is 19.9 Å². The summed E-state index contributed by atoms with van der Waals surface area (Å²) in [5.41, 5.74) is 1.18. The third kappa shape index (κ3) is 2.74. The first kappa shape index (κ1) is 13.2. The fourth-order valence-corrected chi connectivity index (χ4v) is 2.11. The zero-order valence-electron chi connectivity index (χ0n) is 11.7. The summed E-state index contributed by atoms with van der Waals surface area (Å²) in [5, 5.41) is 8.37. The molecule has 2 heterocycles. The Morgan fingerprint density at radius 1 is 1.24 bits per heavy atom. The van der Waals surface area contributed by atoms with Crippen LogP contribution in [0.1, 0.15) is 23.2 Å². The van der Waals surface area contributed by atoms with Gasteiger partial charge in [-0.15, -0.1) is 5.10 Å². The van der Waals surface area contributed by atoms with Crippen LogP contribution in [0.25, 0.3) is 5.69 Å². The van der Waals surface area contributed by atoms with Crippen LogP contribution in [0.3, 0.4) is 0 Å². The Labute approximate surface area is 122 Å². The van der Waals surface area contributed by atoms with Gasteiger partial charge in [0.1, 0.15) is 11.5 Å². The highest BCUT2D eigenvalue weighted by atomic mass is 16.1. The van der Waals surface area contributed by atoms with Gasteiger partial charge in [-0.05, 0) is 19.1 Å². The second-order valence-electron chi connectivity index (χ2n) is 4.58. The molecule has 0 radical (unpaired) electrons. The summed E-state index contributed by atoms with van der Waals surface area (Å²) in [4.78, 5) is 17.9. The van der Waals surface area contributed by atoms with Gasteiger partial charge in [0.25, 0.3) is 0 Å². The van der Waals surface area contributed by atoms with E-state index < -0.39 is 0 Å². The molecule has 0 saturated heterocycles. The van der Waals surface area contributed by atoms with Crippen LogP contribution in [-0.4, -0.2) is 30.3 Å². The smallest absolute Gasteiger partial charge is 0.192 e. The third-order valence-electron chi connectivity index (χ3n) is 3.23. The summed E-state index contributed by atoms with van der Waals surface area (Å²) >= 11 is 0. The summed E-state index contributed by atoms with van der Waals surface area (Å²) in [6.45, 7) is 2.81. The fraction of sp³-hybridized carbons (Fsp3) is 0.200. The molecule has 3 aromatic rings. The number of hydrogen-bond donors (Lipinski definition) is 0. The Morgan fingerprint density at radius 3 is 2.81 bits per heavy atom. The van der Waals surface area contributed by atoms with Gasteiger partial charge in [-0.2, -0.15) is 9.90 Å². The lowest BCUT2D eigenvalue weighted by Gasteiger charge is -2.02. The summed E-state index contributed by atoms with van der Waals surface area (Å²) in [6.07, 6.45) is 5.29. The van der Waals surface area contributed by atoms with E-state index in [2.05, 4.69) is 15.2 Å². The number of nitrogens with zero attached hydrogens (tertiary/aromatic N) is 5. The lowest BCUT2D eigenvalue weighted by molar-refractivity contribution is 0.0984. The van der Waals surface area contributed by atoms with Crippen molar-refractivity contribution in [2.24, 2.45) is 0 Å². The third-order valence-corrected chi connectivity index (χ3v) is 3.23. The van der Waals surface area contributed by atoms with Crippen molar-refractivity contribution < 1.29 is 4.79 Å². The van der Waals surface area contributed by atoms with E-state index in [0.717, 1.165) is 18.1 Å². The van der Waals surface area contributed by atoms with Crippen molar-refractivity contribution in [1.29, 1.82) is 0 Å². The van der Waals surface area contributed by atoms with Gasteiger partial charge in [0.15, 0.2) is 5.78 Å². The Morgan fingerprint density at radius 2 is 2.05 bits per heavy atom. The van der Waals surface area contributed by atoms with E-state index in [1.54, 1.807) is 6.20 Å². The Hall–Kier alpha value is -2.76. The van der Waals surface area contributed by atoms with E-state index >= 15 is 0 Å². The number of carbonyl (C=O) groups excluding carboxylic acids is 1. The highest BCUT2D eigenvalue weighted by Gasteiger charge is 2.14. The zero-order chi connectivity index (χ0) is 14.7. The Balaban J connectivity index is 1.79. The van der Waals surface area contributed by atoms with Crippen molar-refractivity contribution in [1.82, 2.24) is 24.5 Å². The normalized spacial score (nSPS) is 10.7. The molecule has 0 bridgehead atoms. The molecule has 0 fully saturated rings. The molecule has 0 aliphatic rings. The molecule has 6 heteroatoms. The number of carbonyl (C=O) groups is 1. The van der Waals surface area contributed by atoms with Crippen LogP contribution in [0.5, 0.6) is 0 Å². The molecule has 0 saturated carbocycles. The molecule has 0 spiro atoms. The van der Waals surface area contributed by atoms with Crippen LogP contribution < -0.4 is 0 Å². The summed E-state index contributed by atoms with van der Waals surface area (Å²) in [7, 11) is 0. The first-order valence-corrected chi connectivity index (χ1v) is 6.79. The molecule has 2 aromatic heterocycles.